The molecule has 0 aliphatic carbocycles. The van der Waals surface area contributed by atoms with Crippen molar-refractivity contribution in [3.63, 3.8) is 0 Å². The van der Waals surface area contributed by atoms with Gasteiger partial charge >= 0.3 is 0 Å². The molecule has 4 aromatic rings. The molecule has 4 rings (SSSR count). The molecule has 9 heteroatoms. The van der Waals surface area contributed by atoms with Crippen molar-refractivity contribution in [2.45, 2.75) is 35.4 Å². The summed E-state index contributed by atoms with van der Waals surface area (Å²) in [6.07, 6.45) is 2.93. The Hall–Kier alpha value is -3.82. The predicted octanol–water partition coefficient (Wildman–Crippen LogP) is 4.08. The number of carbonyl (C=O) groups excluding carboxylic acids is 2. The third-order valence-corrected chi connectivity index (χ3v) is 6.26. The topological polar surface area (TPSA) is 86.1 Å². The summed E-state index contributed by atoms with van der Waals surface area (Å²) in [6, 6.07) is 22.7. The van der Waals surface area contributed by atoms with E-state index in [4.69, 9.17) is 4.74 Å². The number of aromatic nitrogens is 3. The zero-order valence-electron chi connectivity index (χ0n) is 19.4. The third-order valence-electron chi connectivity index (χ3n) is 5.24. The molecule has 0 spiro atoms. The number of nitrogens with zero attached hydrogens (tertiary/aromatic N) is 3. The lowest BCUT2D eigenvalue weighted by Gasteiger charge is -2.18. The van der Waals surface area contributed by atoms with Crippen LogP contribution >= 0.6 is 11.8 Å². The van der Waals surface area contributed by atoms with Crippen molar-refractivity contribution in [1.29, 1.82) is 0 Å². The van der Waals surface area contributed by atoms with Gasteiger partial charge in [0.25, 0.3) is 0 Å². The van der Waals surface area contributed by atoms with E-state index in [2.05, 4.69) is 15.4 Å². The largest absolute Gasteiger partial charge is 0.374 e. The molecule has 0 fully saturated rings. The van der Waals surface area contributed by atoms with Crippen molar-refractivity contribution >= 4 is 23.5 Å². The van der Waals surface area contributed by atoms with Crippen LogP contribution in [0.3, 0.4) is 0 Å². The van der Waals surface area contributed by atoms with Gasteiger partial charge in [-0.1, -0.05) is 54.2 Å². The lowest BCUT2D eigenvalue weighted by molar-refractivity contribution is -0.129. The summed E-state index contributed by atoms with van der Waals surface area (Å²) in [5.41, 5.74) is 1.80. The minimum absolute atomic E-state index is 0.0439. The molecule has 0 aliphatic rings. The summed E-state index contributed by atoms with van der Waals surface area (Å²) >= 11 is 1.51. The monoisotopic (exact) mass is 504 g/mol. The van der Waals surface area contributed by atoms with Crippen molar-refractivity contribution in [3.8, 4) is 0 Å². The molecule has 0 bridgehead atoms. The van der Waals surface area contributed by atoms with Gasteiger partial charge in [0.15, 0.2) is 5.78 Å². The fourth-order valence-corrected chi connectivity index (χ4v) is 4.24. The fraction of sp³-hybridized carbons (Fsp3) is 0.185. The molecular weight excluding hydrogens is 479 g/mol. The summed E-state index contributed by atoms with van der Waals surface area (Å²) in [5.74, 6) is -0.786. The maximum atomic E-state index is 13.1. The lowest BCUT2D eigenvalue weighted by atomic mass is 10.0. The molecule has 1 atom stereocenters. The molecule has 184 valence electrons. The van der Waals surface area contributed by atoms with Crippen LogP contribution in [0.15, 0.2) is 101 Å². The Labute approximate surface area is 212 Å². The Morgan fingerprint density at radius 3 is 2.31 bits per heavy atom. The number of nitrogens with one attached hydrogen (secondary N) is 1. The average Bonchev–Trinajstić information content (AvgIpc) is 3.39. The molecule has 1 aromatic heterocycles. The predicted molar refractivity (Wildman–Crippen MR) is 134 cm³/mol. The van der Waals surface area contributed by atoms with Gasteiger partial charge in [0.1, 0.15) is 31.1 Å². The van der Waals surface area contributed by atoms with E-state index in [1.165, 1.54) is 41.2 Å². The second kappa shape index (κ2) is 12.8. The summed E-state index contributed by atoms with van der Waals surface area (Å²) in [4.78, 5) is 31.4. The van der Waals surface area contributed by atoms with Gasteiger partial charge in [0.2, 0.25) is 5.91 Å². The van der Waals surface area contributed by atoms with E-state index in [9.17, 15) is 14.0 Å². The highest BCUT2D eigenvalue weighted by atomic mass is 32.2. The average molecular weight is 505 g/mol. The second-order valence-corrected chi connectivity index (χ2v) is 9.20. The first-order valence-electron chi connectivity index (χ1n) is 11.3. The maximum Gasteiger partial charge on any atom is 0.242 e. The highest BCUT2D eigenvalue weighted by Crippen LogP contribution is 2.28. The van der Waals surface area contributed by atoms with Gasteiger partial charge < -0.3 is 10.1 Å². The van der Waals surface area contributed by atoms with Gasteiger partial charge in [-0.2, -0.15) is 5.10 Å². The van der Waals surface area contributed by atoms with Crippen LogP contribution in [0.4, 0.5) is 4.39 Å². The van der Waals surface area contributed by atoms with Crippen LogP contribution in [0.1, 0.15) is 11.1 Å². The molecule has 0 aliphatic heterocycles. The van der Waals surface area contributed by atoms with Gasteiger partial charge in [-0.05, 0) is 47.5 Å². The van der Waals surface area contributed by atoms with Crippen molar-refractivity contribution in [1.82, 2.24) is 20.1 Å². The number of ether oxygens (including phenoxy) is 1. The van der Waals surface area contributed by atoms with Gasteiger partial charge in [-0.3, -0.25) is 9.59 Å². The third kappa shape index (κ3) is 7.86. The number of benzene rings is 3. The van der Waals surface area contributed by atoms with Crippen LogP contribution in [0, 0.1) is 5.82 Å². The highest BCUT2D eigenvalue weighted by Gasteiger charge is 2.22. The number of halogens is 1. The minimum atomic E-state index is -0.807. The van der Waals surface area contributed by atoms with Gasteiger partial charge in [-0.15, -0.1) is 0 Å². The summed E-state index contributed by atoms with van der Waals surface area (Å²) in [6.45, 7) is 0.339. The van der Waals surface area contributed by atoms with Gasteiger partial charge in [-0.25, -0.2) is 14.1 Å². The summed E-state index contributed by atoms with van der Waals surface area (Å²) in [5, 5.41) is 6.70. The van der Waals surface area contributed by atoms with Crippen LogP contribution in [0.5, 0.6) is 0 Å². The second-order valence-electron chi connectivity index (χ2n) is 8.06. The molecule has 1 amide bonds. The molecule has 1 N–H and O–H groups in total. The van der Waals surface area contributed by atoms with Crippen LogP contribution in [-0.2, 0) is 33.9 Å². The first-order chi connectivity index (χ1) is 17.5. The molecule has 0 unspecified atom stereocenters. The molecule has 1 heterocycles. The van der Waals surface area contributed by atoms with Gasteiger partial charge in [0, 0.05) is 16.2 Å². The summed E-state index contributed by atoms with van der Waals surface area (Å²) < 4.78 is 20.3. The molecule has 3 aromatic carbocycles. The number of Topliss-reactive ketones (excluding diaryl/α,β-unsaturated/α-hetero) is 1. The first kappa shape index (κ1) is 25.3. The highest BCUT2D eigenvalue weighted by molar-refractivity contribution is 7.99. The van der Waals surface area contributed by atoms with Crippen LogP contribution < -0.4 is 5.32 Å². The Balaban J connectivity index is 1.36. The van der Waals surface area contributed by atoms with E-state index in [1.807, 2.05) is 54.6 Å². The lowest BCUT2D eigenvalue weighted by Crippen LogP contribution is -2.46. The number of hydrogen-bond donors (Lipinski definition) is 1. The standard InChI is InChI=1S/C27H25FN4O3S/c28-22-8-12-24(13-9-22)36-23-10-6-20(7-11-23)14-26(33)25(17-35-16-21-4-2-1-3-5-21)31-27(34)15-32-19-29-18-30-32/h1-13,18-19,25H,14-17H2,(H,31,34)/t25-/m0/s1. The Kier molecular flexibility index (Phi) is 8.96. The van der Waals surface area contributed by atoms with E-state index >= 15 is 0 Å². The number of hydrogen-bond acceptors (Lipinski definition) is 6. The van der Waals surface area contributed by atoms with Crippen molar-refractivity contribution < 1.29 is 18.7 Å². The Morgan fingerprint density at radius 2 is 1.64 bits per heavy atom. The van der Waals surface area contributed by atoms with Crippen molar-refractivity contribution in [2.75, 3.05) is 6.61 Å². The smallest absolute Gasteiger partial charge is 0.242 e. The van der Waals surface area contributed by atoms with Crippen LogP contribution in [0.2, 0.25) is 0 Å². The Morgan fingerprint density at radius 1 is 0.944 bits per heavy atom. The van der Waals surface area contributed by atoms with Crippen molar-refractivity contribution in [2.24, 2.45) is 0 Å². The minimum Gasteiger partial charge on any atom is -0.374 e. The van der Waals surface area contributed by atoms with Crippen LogP contribution in [0.25, 0.3) is 0 Å². The zero-order valence-corrected chi connectivity index (χ0v) is 20.2. The van der Waals surface area contributed by atoms with E-state index in [1.54, 1.807) is 12.1 Å². The normalized spacial score (nSPS) is 11.7. The molecule has 0 saturated carbocycles. The quantitative estimate of drug-likeness (QED) is 0.313. The number of ketones is 1. The van der Waals surface area contributed by atoms with E-state index < -0.39 is 6.04 Å². The maximum absolute atomic E-state index is 13.1. The SMILES string of the molecule is O=C(Cn1cncn1)N[C@@H](COCc1ccccc1)C(=O)Cc1ccc(Sc2ccc(F)cc2)cc1. The molecule has 0 saturated heterocycles. The summed E-state index contributed by atoms with van der Waals surface area (Å²) in [7, 11) is 0. The number of amides is 1. The Bertz CT molecular complexity index is 1250. The van der Waals surface area contributed by atoms with E-state index in [0.29, 0.717) is 6.61 Å². The zero-order chi connectivity index (χ0) is 25.2. The molecular formula is C27H25FN4O3S. The molecule has 0 radical (unpaired) electrons. The molecule has 36 heavy (non-hydrogen) atoms. The molecule has 7 nitrogen and oxygen atoms in total. The van der Waals surface area contributed by atoms with E-state index in [-0.39, 0.29) is 37.1 Å². The number of carbonyl (C=O) groups is 2. The fourth-order valence-electron chi connectivity index (χ4n) is 3.42. The first-order valence-corrected chi connectivity index (χ1v) is 12.2. The van der Waals surface area contributed by atoms with Gasteiger partial charge in [0.05, 0.1) is 13.2 Å². The van der Waals surface area contributed by atoms with E-state index in [0.717, 1.165) is 20.9 Å². The number of rotatable bonds is 12. The van der Waals surface area contributed by atoms with Crippen LogP contribution in [-0.4, -0.2) is 39.1 Å². The van der Waals surface area contributed by atoms with Crippen molar-refractivity contribution in [3.05, 3.63) is 108 Å².